The highest BCUT2D eigenvalue weighted by molar-refractivity contribution is 9.10. The van der Waals surface area contributed by atoms with Crippen molar-refractivity contribution >= 4 is 27.3 Å². The summed E-state index contributed by atoms with van der Waals surface area (Å²) in [5, 5.41) is 6.97. The van der Waals surface area contributed by atoms with E-state index in [2.05, 4.69) is 28.1 Å². The van der Waals surface area contributed by atoms with Gasteiger partial charge in [0.05, 0.1) is 30.0 Å². The van der Waals surface area contributed by atoms with E-state index in [-0.39, 0.29) is 17.8 Å². The first-order valence-corrected chi connectivity index (χ1v) is 9.61. The lowest BCUT2D eigenvalue weighted by Crippen LogP contribution is -2.33. The number of para-hydroxylation sites is 1. The maximum Gasteiger partial charge on any atom is 0.128 e. The summed E-state index contributed by atoms with van der Waals surface area (Å²) in [5.74, 6) is 0.440. The summed E-state index contributed by atoms with van der Waals surface area (Å²) in [6.45, 7) is 0.515. The number of hydrogen-bond acceptors (Lipinski definition) is 3. The molecule has 0 bridgehead atoms. The normalized spacial score (nSPS) is 20.5. The number of hydrazone groups is 1. The maximum absolute atomic E-state index is 13.9. The number of rotatable bonds is 2. The summed E-state index contributed by atoms with van der Waals surface area (Å²) in [6, 6.07) is 23.0. The van der Waals surface area contributed by atoms with Crippen LogP contribution in [-0.2, 0) is 0 Å². The molecule has 0 saturated carbocycles. The first-order chi connectivity index (χ1) is 13.2. The van der Waals surface area contributed by atoms with Gasteiger partial charge in [0.15, 0.2) is 0 Å². The lowest BCUT2D eigenvalue weighted by molar-refractivity contribution is 0.260. The van der Waals surface area contributed by atoms with Crippen LogP contribution in [-0.4, -0.2) is 12.3 Å². The fraction of sp³-hybridized carbons (Fsp3) is 0.136. The van der Waals surface area contributed by atoms with E-state index in [9.17, 15) is 4.39 Å². The Kier molecular flexibility index (Phi) is 3.97. The second-order valence-corrected chi connectivity index (χ2v) is 7.64. The van der Waals surface area contributed by atoms with E-state index in [4.69, 9.17) is 9.84 Å². The van der Waals surface area contributed by atoms with Crippen LogP contribution in [0.5, 0.6) is 5.75 Å². The van der Waals surface area contributed by atoms with Crippen LogP contribution in [0, 0.1) is 11.7 Å². The molecule has 2 unspecified atom stereocenters. The lowest BCUT2D eigenvalue weighted by atomic mass is 9.85. The molecule has 3 aromatic rings. The number of ether oxygens (including phenoxy) is 1. The van der Waals surface area contributed by atoms with Crippen molar-refractivity contribution in [3.63, 3.8) is 0 Å². The van der Waals surface area contributed by atoms with Crippen LogP contribution in [0.2, 0.25) is 0 Å². The first kappa shape index (κ1) is 16.5. The molecule has 0 spiro atoms. The number of anilines is 1. The molecule has 0 aliphatic carbocycles. The topological polar surface area (TPSA) is 24.8 Å². The minimum absolute atomic E-state index is 0.00748. The van der Waals surface area contributed by atoms with Gasteiger partial charge < -0.3 is 4.74 Å². The molecule has 3 aromatic carbocycles. The van der Waals surface area contributed by atoms with Gasteiger partial charge in [-0.1, -0.05) is 46.3 Å². The van der Waals surface area contributed by atoms with E-state index in [0.29, 0.717) is 12.4 Å². The molecule has 2 atom stereocenters. The lowest BCUT2D eigenvalue weighted by Gasteiger charge is -2.30. The summed E-state index contributed by atoms with van der Waals surface area (Å²) >= 11 is 3.50. The van der Waals surface area contributed by atoms with E-state index < -0.39 is 0 Å². The van der Waals surface area contributed by atoms with E-state index in [1.54, 1.807) is 6.07 Å². The van der Waals surface area contributed by atoms with Crippen molar-refractivity contribution in [2.75, 3.05) is 11.6 Å². The molecule has 2 aliphatic heterocycles. The highest BCUT2D eigenvalue weighted by Crippen LogP contribution is 2.44. The molecule has 2 aliphatic rings. The van der Waals surface area contributed by atoms with Gasteiger partial charge in [-0.25, -0.2) is 4.39 Å². The predicted octanol–water partition coefficient (Wildman–Crippen LogP) is 5.56. The average molecular weight is 423 g/mol. The molecule has 0 N–H and O–H groups in total. The number of fused-ring (bicyclic) bond motifs is 3. The van der Waals surface area contributed by atoms with Gasteiger partial charge in [0, 0.05) is 10.0 Å². The molecular formula is C22H16BrFN2O. The van der Waals surface area contributed by atoms with Crippen molar-refractivity contribution in [2.45, 2.75) is 6.04 Å². The van der Waals surface area contributed by atoms with E-state index in [1.807, 2.05) is 47.5 Å². The van der Waals surface area contributed by atoms with E-state index in [0.717, 1.165) is 27.0 Å². The number of benzene rings is 3. The summed E-state index contributed by atoms with van der Waals surface area (Å²) < 4.78 is 20.9. The zero-order chi connectivity index (χ0) is 18.4. The first-order valence-electron chi connectivity index (χ1n) is 8.82. The molecule has 0 amide bonds. The fourth-order valence-electron chi connectivity index (χ4n) is 3.84. The average Bonchev–Trinajstić information content (AvgIpc) is 3.09. The second kappa shape index (κ2) is 6.50. The van der Waals surface area contributed by atoms with Gasteiger partial charge in [0.25, 0.3) is 0 Å². The van der Waals surface area contributed by atoms with Gasteiger partial charge >= 0.3 is 0 Å². The van der Waals surface area contributed by atoms with Crippen molar-refractivity contribution in [1.29, 1.82) is 0 Å². The quantitative estimate of drug-likeness (QED) is 0.539. The standard InChI is InChI=1S/C22H16BrFN2O/c23-15-8-6-14(7-9-15)22-19-13-27-20-11-10-16(24)12-18(20)21(19)25-26(22)17-4-2-1-3-5-17/h1-12,19,22H,13H2. The number of hydrogen-bond donors (Lipinski definition) is 0. The van der Waals surface area contributed by atoms with E-state index in [1.165, 1.54) is 12.1 Å². The summed E-state index contributed by atoms with van der Waals surface area (Å²) in [5.41, 5.74) is 3.78. The van der Waals surface area contributed by atoms with E-state index >= 15 is 0 Å². The van der Waals surface area contributed by atoms with Crippen molar-refractivity contribution in [2.24, 2.45) is 11.0 Å². The Hall–Kier alpha value is -2.66. The molecule has 0 fully saturated rings. The van der Waals surface area contributed by atoms with Crippen LogP contribution in [0.25, 0.3) is 0 Å². The fourth-order valence-corrected chi connectivity index (χ4v) is 4.10. The molecule has 2 heterocycles. The van der Waals surface area contributed by atoms with Gasteiger partial charge in [-0.15, -0.1) is 0 Å². The van der Waals surface area contributed by atoms with Gasteiger partial charge in [-0.2, -0.15) is 5.10 Å². The number of nitrogens with zero attached hydrogens (tertiary/aromatic N) is 2. The van der Waals surface area contributed by atoms with Crippen LogP contribution in [0.15, 0.2) is 82.4 Å². The molecule has 27 heavy (non-hydrogen) atoms. The minimum atomic E-state index is -0.279. The van der Waals surface area contributed by atoms with Crippen LogP contribution in [0.3, 0.4) is 0 Å². The highest BCUT2D eigenvalue weighted by Gasteiger charge is 2.43. The third kappa shape index (κ3) is 2.82. The smallest absolute Gasteiger partial charge is 0.128 e. The molecular weight excluding hydrogens is 407 g/mol. The third-order valence-corrected chi connectivity index (χ3v) is 5.61. The van der Waals surface area contributed by atoms with Crippen molar-refractivity contribution in [1.82, 2.24) is 0 Å². The molecule has 5 rings (SSSR count). The monoisotopic (exact) mass is 422 g/mol. The van der Waals surface area contributed by atoms with Gasteiger partial charge in [-0.3, -0.25) is 5.01 Å². The molecule has 134 valence electrons. The van der Waals surface area contributed by atoms with Crippen molar-refractivity contribution in [3.05, 3.63) is 94.2 Å². The highest BCUT2D eigenvalue weighted by atomic mass is 79.9. The van der Waals surface area contributed by atoms with Crippen LogP contribution in [0.1, 0.15) is 17.2 Å². The zero-order valence-corrected chi connectivity index (χ0v) is 15.9. The maximum atomic E-state index is 13.9. The van der Waals surface area contributed by atoms with Crippen LogP contribution in [0.4, 0.5) is 10.1 Å². The predicted molar refractivity (Wildman–Crippen MR) is 108 cm³/mol. The van der Waals surface area contributed by atoms with Gasteiger partial charge in [0.2, 0.25) is 0 Å². The minimum Gasteiger partial charge on any atom is -0.492 e. The van der Waals surface area contributed by atoms with Crippen molar-refractivity contribution < 1.29 is 9.13 Å². The molecule has 3 nitrogen and oxygen atoms in total. The van der Waals surface area contributed by atoms with Crippen LogP contribution >= 0.6 is 15.9 Å². The summed E-state index contributed by atoms with van der Waals surface area (Å²) in [4.78, 5) is 0. The molecule has 0 saturated heterocycles. The summed E-state index contributed by atoms with van der Waals surface area (Å²) in [7, 11) is 0. The Morgan fingerprint density at radius 1 is 1.00 bits per heavy atom. The Morgan fingerprint density at radius 3 is 2.56 bits per heavy atom. The Labute approximate surface area is 165 Å². The number of halogens is 2. The third-order valence-electron chi connectivity index (χ3n) is 5.08. The largest absolute Gasteiger partial charge is 0.492 e. The van der Waals surface area contributed by atoms with Crippen LogP contribution < -0.4 is 9.75 Å². The van der Waals surface area contributed by atoms with Crippen molar-refractivity contribution in [3.8, 4) is 5.75 Å². The second-order valence-electron chi connectivity index (χ2n) is 6.72. The summed E-state index contributed by atoms with van der Waals surface area (Å²) in [6.07, 6.45) is 0. The molecule has 0 radical (unpaired) electrons. The Balaban J connectivity index is 1.66. The van der Waals surface area contributed by atoms with Gasteiger partial charge in [-0.05, 0) is 48.0 Å². The SMILES string of the molecule is Fc1ccc2c(c1)C1=NN(c3ccccc3)C(c3ccc(Br)cc3)C1CO2. The molecule has 5 heteroatoms. The Morgan fingerprint density at radius 2 is 1.78 bits per heavy atom. The van der Waals surface area contributed by atoms with Gasteiger partial charge in [0.1, 0.15) is 11.6 Å². The zero-order valence-electron chi connectivity index (χ0n) is 14.3. The molecule has 0 aromatic heterocycles. The Bertz CT molecular complexity index is 1020.